The highest BCUT2D eigenvalue weighted by molar-refractivity contribution is 6.49. The van der Waals surface area contributed by atoms with E-state index in [4.69, 9.17) is 11.6 Å². The minimum atomic E-state index is 0.763. The second kappa shape index (κ2) is 4.97. The average molecular weight is 209 g/mol. The molecule has 2 heteroatoms. The number of allylic oxidation sites excluding steroid dienone is 1. The van der Waals surface area contributed by atoms with E-state index in [1.165, 1.54) is 5.56 Å². The van der Waals surface area contributed by atoms with E-state index < -0.39 is 0 Å². The zero-order chi connectivity index (χ0) is 10.6. The highest BCUT2D eigenvalue weighted by Gasteiger charge is 1.96. The standard InChI is InChI=1S/C12H15ClN/c1-10-4-6-11(7-5-10)12(13)8-9-14(2)3/h4-9H,1-3H3/q+1/b12-8+. The largest absolute Gasteiger partial charge is 0.241 e. The quantitative estimate of drug-likeness (QED) is 0.520. The Bertz CT molecular complexity index is 356. The lowest BCUT2D eigenvalue weighted by molar-refractivity contribution is -0.458. The van der Waals surface area contributed by atoms with Crippen LogP contribution >= 0.6 is 11.6 Å². The number of hydrogen-bond donors (Lipinski definition) is 0. The van der Waals surface area contributed by atoms with Gasteiger partial charge in [0, 0.05) is 6.08 Å². The van der Waals surface area contributed by atoms with E-state index in [0.717, 1.165) is 10.6 Å². The molecule has 14 heavy (non-hydrogen) atoms. The van der Waals surface area contributed by atoms with Gasteiger partial charge in [-0.05, 0) is 12.5 Å². The lowest BCUT2D eigenvalue weighted by Crippen LogP contribution is -1.95. The first kappa shape index (κ1) is 11.0. The van der Waals surface area contributed by atoms with Crippen LogP contribution in [0, 0.1) is 6.92 Å². The summed E-state index contributed by atoms with van der Waals surface area (Å²) in [5.74, 6) is 0. The summed E-state index contributed by atoms with van der Waals surface area (Å²) in [4.78, 5) is 0. The summed E-state index contributed by atoms with van der Waals surface area (Å²) < 4.78 is 1.95. The van der Waals surface area contributed by atoms with Crippen molar-refractivity contribution in [3.63, 3.8) is 0 Å². The maximum atomic E-state index is 6.11. The molecule has 0 aliphatic heterocycles. The molecule has 0 fully saturated rings. The highest BCUT2D eigenvalue weighted by Crippen LogP contribution is 2.18. The summed E-state index contributed by atoms with van der Waals surface area (Å²) in [7, 11) is 3.94. The molecule has 0 aliphatic rings. The van der Waals surface area contributed by atoms with Gasteiger partial charge in [-0.2, -0.15) is 0 Å². The van der Waals surface area contributed by atoms with E-state index in [2.05, 4.69) is 19.1 Å². The van der Waals surface area contributed by atoms with Crippen LogP contribution in [0.15, 0.2) is 30.3 Å². The van der Waals surface area contributed by atoms with Crippen molar-refractivity contribution in [3.05, 3.63) is 41.5 Å². The molecule has 0 N–H and O–H groups in total. The third-order valence-corrected chi connectivity index (χ3v) is 2.19. The van der Waals surface area contributed by atoms with Crippen molar-refractivity contribution in [1.29, 1.82) is 0 Å². The number of halogens is 1. The monoisotopic (exact) mass is 208 g/mol. The Morgan fingerprint density at radius 2 is 1.79 bits per heavy atom. The normalized spacial score (nSPS) is 11.3. The minimum absolute atomic E-state index is 0.763. The van der Waals surface area contributed by atoms with Gasteiger partial charge in [0.2, 0.25) is 0 Å². The molecule has 0 heterocycles. The first-order valence-corrected chi connectivity index (χ1v) is 4.91. The van der Waals surface area contributed by atoms with Gasteiger partial charge in [-0.15, -0.1) is 0 Å². The number of benzene rings is 1. The predicted octanol–water partition coefficient (Wildman–Crippen LogP) is 2.92. The molecule has 0 aromatic heterocycles. The predicted molar refractivity (Wildman–Crippen MR) is 63.2 cm³/mol. The molecule has 0 atom stereocenters. The third-order valence-electron chi connectivity index (χ3n) is 1.85. The third kappa shape index (κ3) is 3.35. The van der Waals surface area contributed by atoms with Crippen LogP contribution in [0.4, 0.5) is 0 Å². The lowest BCUT2D eigenvalue weighted by atomic mass is 10.1. The van der Waals surface area contributed by atoms with Crippen molar-refractivity contribution in [1.82, 2.24) is 0 Å². The highest BCUT2D eigenvalue weighted by atomic mass is 35.5. The van der Waals surface area contributed by atoms with Crippen molar-refractivity contribution in [2.45, 2.75) is 6.92 Å². The molecule has 0 unspecified atom stereocenters. The van der Waals surface area contributed by atoms with Crippen LogP contribution in [0.25, 0.3) is 5.03 Å². The van der Waals surface area contributed by atoms with Crippen molar-refractivity contribution < 1.29 is 4.58 Å². The van der Waals surface area contributed by atoms with Gasteiger partial charge in [-0.25, -0.2) is 4.58 Å². The molecular weight excluding hydrogens is 194 g/mol. The molecule has 1 aromatic carbocycles. The molecule has 0 radical (unpaired) electrons. The van der Waals surface area contributed by atoms with Gasteiger partial charge < -0.3 is 0 Å². The molecule has 0 saturated heterocycles. The summed E-state index contributed by atoms with van der Waals surface area (Å²) in [5, 5.41) is 0.763. The Balaban J connectivity index is 2.89. The molecule has 74 valence electrons. The molecule has 1 nitrogen and oxygen atoms in total. The maximum absolute atomic E-state index is 6.11. The van der Waals surface area contributed by atoms with E-state index in [9.17, 15) is 0 Å². The maximum Gasteiger partial charge on any atom is 0.164 e. The van der Waals surface area contributed by atoms with Crippen molar-refractivity contribution in [2.75, 3.05) is 14.1 Å². The molecule has 0 amide bonds. The Kier molecular flexibility index (Phi) is 3.90. The van der Waals surface area contributed by atoms with Gasteiger partial charge in [-0.3, -0.25) is 0 Å². The first-order chi connectivity index (χ1) is 6.59. The molecule has 0 spiro atoms. The van der Waals surface area contributed by atoms with Crippen molar-refractivity contribution in [2.24, 2.45) is 0 Å². The SMILES string of the molecule is Cc1ccc(/C(Cl)=C\C=[N+](C)C)cc1. The van der Waals surface area contributed by atoms with Crippen LogP contribution in [-0.4, -0.2) is 24.9 Å². The molecule has 0 aliphatic carbocycles. The van der Waals surface area contributed by atoms with Crippen LogP contribution in [0.3, 0.4) is 0 Å². The fourth-order valence-electron chi connectivity index (χ4n) is 1.02. The molecule has 0 bridgehead atoms. The van der Waals surface area contributed by atoms with Gasteiger partial charge in [0.05, 0.1) is 5.03 Å². The molecular formula is C12H15ClN+. The van der Waals surface area contributed by atoms with Crippen LogP contribution in [-0.2, 0) is 0 Å². The Labute approximate surface area is 90.3 Å². The number of rotatable bonds is 2. The van der Waals surface area contributed by atoms with E-state index in [0.29, 0.717) is 0 Å². The second-order valence-electron chi connectivity index (χ2n) is 3.49. The average Bonchev–Trinajstić information content (AvgIpc) is 2.15. The van der Waals surface area contributed by atoms with Crippen molar-refractivity contribution in [3.8, 4) is 0 Å². The minimum Gasteiger partial charge on any atom is -0.241 e. The van der Waals surface area contributed by atoms with Gasteiger partial charge in [-0.1, -0.05) is 41.4 Å². The van der Waals surface area contributed by atoms with E-state index in [1.54, 1.807) is 0 Å². The number of hydrogen-bond acceptors (Lipinski definition) is 0. The van der Waals surface area contributed by atoms with Gasteiger partial charge >= 0.3 is 0 Å². The summed E-state index contributed by atoms with van der Waals surface area (Å²) in [5.41, 5.74) is 2.30. The molecule has 0 saturated carbocycles. The van der Waals surface area contributed by atoms with Crippen LogP contribution < -0.4 is 0 Å². The van der Waals surface area contributed by atoms with Crippen LogP contribution in [0.1, 0.15) is 11.1 Å². The zero-order valence-electron chi connectivity index (χ0n) is 8.79. The molecule has 1 rings (SSSR count). The topological polar surface area (TPSA) is 3.01 Å². The molecule has 1 aromatic rings. The summed E-state index contributed by atoms with van der Waals surface area (Å²) in [6, 6.07) is 8.16. The Hall–Kier alpha value is -1.08. The van der Waals surface area contributed by atoms with Crippen LogP contribution in [0.2, 0.25) is 0 Å². The fourth-order valence-corrected chi connectivity index (χ4v) is 1.21. The summed E-state index contributed by atoms with van der Waals surface area (Å²) in [6.45, 7) is 2.06. The lowest BCUT2D eigenvalue weighted by Gasteiger charge is -1.97. The van der Waals surface area contributed by atoms with Gasteiger partial charge in [0.25, 0.3) is 0 Å². The zero-order valence-corrected chi connectivity index (χ0v) is 9.55. The van der Waals surface area contributed by atoms with E-state index in [-0.39, 0.29) is 0 Å². The number of nitrogens with zero attached hydrogens (tertiary/aromatic N) is 1. The second-order valence-corrected chi connectivity index (χ2v) is 3.90. The summed E-state index contributed by atoms with van der Waals surface area (Å²) in [6.07, 6.45) is 3.83. The van der Waals surface area contributed by atoms with Crippen molar-refractivity contribution >= 4 is 22.8 Å². The summed E-state index contributed by atoms with van der Waals surface area (Å²) >= 11 is 6.11. The Morgan fingerprint density at radius 1 is 1.21 bits per heavy atom. The van der Waals surface area contributed by atoms with Gasteiger partial charge in [0.15, 0.2) is 6.21 Å². The van der Waals surface area contributed by atoms with Gasteiger partial charge in [0.1, 0.15) is 14.1 Å². The van der Waals surface area contributed by atoms with Crippen LogP contribution in [0.5, 0.6) is 0 Å². The first-order valence-electron chi connectivity index (χ1n) is 4.53. The fraction of sp³-hybridized carbons (Fsp3) is 0.250. The number of aryl methyl sites for hydroxylation is 1. The smallest absolute Gasteiger partial charge is 0.164 e. The van der Waals surface area contributed by atoms with E-state index in [1.807, 2.05) is 43.1 Å². The van der Waals surface area contributed by atoms with E-state index >= 15 is 0 Å². The Morgan fingerprint density at radius 3 is 2.29 bits per heavy atom.